The zero-order valence-electron chi connectivity index (χ0n) is 15.4. The van der Waals surface area contributed by atoms with Crippen LogP contribution in [0.2, 0.25) is 0 Å². The second-order valence-corrected chi connectivity index (χ2v) is 8.31. The van der Waals surface area contributed by atoms with E-state index in [0.29, 0.717) is 35.0 Å². The first kappa shape index (κ1) is 20.4. The van der Waals surface area contributed by atoms with Crippen LogP contribution in [0.4, 0.5) is 0 Å². The quantitative estimate of drug-likeness (QED) is 0.423. The van der Waals surface area contributed by atoms with Crippen LogP contribution in [0, 0.1) is 0 Å². The molecular formula is C18H19BrN4O4S. The molecule has 0 radical (unpaired) electrons. The van der Waals surface area contributed by atoms with Gasteiger partial charge in [-0.1, -0.05) is 39.8 Å². The van der Waals surface area contributed by atoms with E-state index in [1.807, 2.05) is 24.3 Å². The van der Waals surface area contributed by atoms with Crippen LogP contribution in [-0.4, -0.2) is 35.5 Å². The van der Waals surface area contributed by atoms with Gasteiger partial charge in [-0.25, -0.2) is 9.78 Å². The fourth-order valence-corrected chi connectivity index (χ4v) is 4.27. The Morgan fingerprint density at radius 2 is 2.00 bits per heavy atom. The lowest BCUT2D eigenvalue weighted by atomic mass is 10.2. The van der Waals surface area contributed by atoms with Crippen LogP contribution in [0.3, 0.4) is 0 Å². The number of halogens is 1. The van der Waals surface area contributed by atoms with Crippen LogP contribution in [-0.2, 0) is 25.4 Å². The number of hydrogen-bond donors (Lipinski definition) is 1. The van der Waals surface area contributed by atoms with Crippen molar-refractivity contribution in [1.82, 2.24) is 18.7 Å². The van der Waals surface area contributed by atoms with Crippen molar-refractivity contribution in [2.45, 2.75) is 24.5 Å². The molecule has 0 bridgehead atoms. The molecule has 8 nitrogen and oxygen atoms in total. The van der Waals surface area contributed by atoms with Gasteiger partial charge in [-0.05, 0) is 24.1 Å². The van der Waals surface area contributed by atoms with E-state index in [-0.39, 0.29) is 6.42 Å². The van der Waals surface area contributed by atoms with Crippen LogP contribution < -0.4 is 11.2 Å². The van der Waals surface area contributed by atoms with Gasteiger partial charge in [0.2, 0.25) is 0 Å². The van der Waals surface area contributed by atoms with Crippen molar-refractivity contribution in [3.63, 3.8) is 0 Å². The monoisotopic (exact) mass is 466 g/mol. The van der Waals surface area contributed by atoms with Gasteiger partial charge >= 0.3 is 11.7 Å². The van der Waals surface area contributed by atoms with Gasteiger partial charge in [0.1, 0.15) is 0 Å². The normalized spacial score (nSPS) is 11.2. The summed E-state index contributed by atoms with van der Waals surface area (Å²) < 4.78 is 5.14. The average molecular weight is 467 g/mol. The Morgan fingerprint density at radius 1 is 1.25 bits per heavy atom. The van der Waals surface area contributed by atoms with Crippen LogP contribution in [0.25, 0.3) is 11.2 Å². The molecule has 0 amide bonds. The van der Waals surface area contributed by atoms with Gasteiger partial charge in [0, 0.05) is 30.7 Å². The second kappa shape index (κ2) is 8.36. The lowest BCUT2D eigenvalue weighted by Gasteiger charge is -2.10. The predicted molar refractivity (Wildman–Crippen MR) is 111 cm³/mol. The summed E-state index contributed by atoms with van der Waals surface area (Å²) in [6.45, 7) is 0.407. The molecule has 0 spiro atoms. The third kappa shape index (κ3) is 4.07. The number of fused-ring (bicyclic) bond motifs is 1. The number of aryl methyl sites for hydroxylation is 1. The number of aromatic nitrogens is 4. The molecule has 0 saturated carbocycles. The summed E-state index contributed by atoms with van der Waals surface area (Å²) in [4.78, 5) is 40.3. The van der Waals surface area contributed by atoms with Gasteiger partial charge in [-0.2, -0.15) is 0 Å². The number of aliphatic carboxylic acids is 1. The maximum atomic E-state index is 12.8. The van der Waals surface area contributed by atoms with Gasteiger partial charge in [0.15, 0.2) is 16.3 Å². The highest BCUT2D eigenvalue weighted by Crippen LogP contribution is 2.24. The number of carboxylic acid groups (broad SMARTS) is 1. The molecule has 2 aromatic heterocycles. The fraction of sp³-hybridized carbons (Fsp3) is 0.333. The van der Waals surface area contributed by atoms with Gasteiger partial charge in [0.05, 0.1) is 6.54 Å². The van der Waals surface area contributed by atoms with Gasteiger partial charge < -0.3 is 9.67 Å². The topological polar surface area (TPSA) is 99.1 Å². The lowest BCUT2D eigenvalue weighted by Crippen LogP contribution is -2.37. The molecule has 10 heteroatoms. The maximum Gasteiger partial charge on any atom is 0.332 e. The Hall–Kier alpha value is -2.33. The van der Waals surface area contributed by atoms with Crippen molar-refractivity contribution >= 4 is 44.8 Å². The van der Waals surface area contributed by atoms with Crippen molar-refractivity contribution in [2.24, 2.45) is 14.1 Å². The highest BCUT2D eigenvalue weighted by molar-refractivity contribution is 9.10. The average Bonchev–Trinajstić information content (AvgIpc) is 3.00. The molecule has 28 heavy (non-hydrogen) atoms. The van der Waals surface area contributed by atoms with E-state index in [1.54, 1.807) is 11.6 Å². The first-order valence-electron chi connectivity index (χ1n) is 8.55. The van der Waals surface area contributed by atoms with Crippen molar-refractivity contribution in [3.8, 4) is 0 Å². The molecule has 3 aromatic rings. The van der Waals surface area contributed by atoms with E-state index >= 15 is 0 Å². The van der Waals surface area contributed by atoms with Gasteiger partial charge in [-0.3, -0.25) is 18.7 Å². The van der Waals surface area contributed by atoms with E-state index in [2.05, 4.69) is 20.9 Å². The number of carbonyl (C=O) groups is 1. The molecule has 2 heterocycles. The third-order valence-corrected chi connectivity index (χ3v) is 5.86. The molecule has 0 aliphatic rings. The first-order valence-corrected chi connectivity index (χ1v) is 10.3. The van der Waals surface area contributed by atoms with E-state index in [1.165, 1.54) is 23.4 Å². The molecule has 0 atom stereocenters. The minimum Gasteiger partial charge on any atom is -0.481 e. The number of benzene rings is 1. The SMILES string of the molecule is Cn1c(=O)c2c(nc(SCCCC(=O)O)n2Cc2cccc(Br)c2)n(C)c1=O. The van der Waals surface area contributed by atoms with Crippen LogP contribution in [0.15, 0.2) is 43.5 Å². The minimum atomic E-state index is -0.848. The number of nitrogens with zero attached hydrogens (tertiary/aromatic N) is 4. The molecular weight excluding hydrogens is 448 g/mol. The molecule has 1 aromatic carbocycles. The maximum absolute atomic E-state index is 12.8. The Kier molecular flexibility index (Phi) is 6.09. The van der Waals surface area contributed by atoms with E-state index < -0.39 is 17.2 Å². The Balaban J connectivity index is 2.10. The van der Waals surface area contributed by atoms with Crippen LogP contribution >= 0.6 is 27.7 Å². The van der Waals surface area contributed by atoms with E-state index in [9.17, 15) is 14.4 Å². The third-order valence-electron chi connectivity index (χ3n) is 4.31. The van der Waals surface area contributed by atoms with Crippen molar-refractivity contribution in [1.29, 1.82) is 0 Å². The lowest BCUT2D eigenvalue weighted by molar-refractivity contribution is -0.137. The number of imidazole rings is 1. The van der Waals surface area contributed by atoms with E-state index in [0.717, 1.165) is 14.6 Å². The fourth-order valence-electron chi connectivity index (χ4n) is 2.89. The minimum absolute atomic E-state index is 0.0686. The number of hydrogen-bond acceptors (Lipinski definition) is 5. The summed E-state index contributed by atoms with van der Waals surface area (Å²) in [6.07, 6.45) is 0.552. The van der Waals surface area contributed by atoms with Gasteiger partial charge in [0.25, 0.3) is 5.56 Å². The molecule has 1 N–H and O–H groups in total. The standard InChI is InChI=1S/C18H19BrN4O4S/c1-21-15-14(16(26)22(2)18(21)27)23(10-11-5-3-6-12(19)9-11)17(20-15)28-8-4-7-13(24)25/h3,5-6,9H,4,7-8,10H2,1-2H3,(H,24,25). The summed E-state index contributed by atoms with van der Waals surface area (Å²) in [7, 11) is 3.03. The summed E-state index contributed by atoms with van der Waals surface area (Å²) in [5, 5.41) is 9.40. The molecule has 3 rings (SSSR count). The Labute approximate surface area is 172 Å². The number of thioether (sulfide) groups is 1. The van der Waals surface area contributed by atoms with E-state index in [4.69, 9.17) is 5.11 Å². The second-order valence-electron chi connectivity index (χ2n) is 6.33. The van der Waals surface area contributed by atoms with Crippen LogP contribution in [0.1, 0.15) is 18.4 Å². The molecule has 0 saturated heterocycles. The molecule has 0 fully saturated rings. The summed E-state index contributed by atoms with van der Waals surface area (Å²) in [6, 6.07) is 7.73. The smallest absolute Gasteiger partial charge is 0.332 e. The number of rotatable bonds is 7. The molecule has 148 valence electrons. The Bertz CT molecular complexity index is 1160. The van der Waals surface area contributed by atoms with Crippen LogP contribution in [0.5, 0.6) is 0 Å². The highest BCUT2D eigenvalue weighted by Gasteiger charge is 2.19. The molecule has 0 aliphatic heterocycles. The summed E-state index contributed by atoms with van der Waals surface area (Å²) in [5.74, 6) is -0.304. The van der Waals surface area contributed by atoms with Crippen molar-refractivity contribution in [3.05, 3.63) is 55.1 Å². The number of carboxylic acids is 1. The summed E-state index contributed by atoms with van der Waals surface area (Å²) >= 11 is 4.83. The Morgan fingerprint density at radius 3 is 2.68 bits per heavy atom. The zero-order chi connectivity index (χ0) is 20.4. The highest BCUT2D eigenvalue weighted by atomic mass is 79.9. The van der Waals surface area contributed by atoms with Crippen molar-refractivity contribution in [2.75, 3.05) is 5.75 Å². The zero-order valence-corrected chi connectivity index (χ0v) is 17.8. The van der Waals surface area contributed by atoms with Gasteiger partial charge in [-0.15, -0.1) is 0 Å². The first-order chi connectivity index (χ1) is 13.3. The largest absolute Gasteiger partial charge is 0.481 e. The predicted octanol–water partition coefficient (Wildman–Crippen LogP) is 2.20. The molecule has 0 unspecified atom stereocenters. The van der Waals surface area contributed by atoms with Crippen molar-refractivity contribution < 1.29 is 9.90 Å². The summed E-state index contributed by atoms with van der Waals surface area (Å²) in [5.41, 5.74) is 0.802. The molecule has 0 aliphatic carbocycles.